The van der Waals surface area contributed by atoms with Gasteiger partial charge in [0, 0.05) is 24.1 Å². The maximum Gasteiger partial charge on any atom is 0.374 e. The van der Waals surface area contributed by atoms with E-state index in [4.69, 9.17) is 9.63 Å². The number of rotatable bonds is 2. The number of aromatic carboxylic acids is 1. The molecule has 0 saturated heterocycles. The zero-order valence-electron chi connectivity index (χ0n) is 9.49. The first-order valence-corrected chi connectivity index (χ1v) is 5.28. The number of nitrogens with zero attached hydrogens (tertiary/aromatic N) is 3. The minimum absolute atomic E-state index is 0.177. The van der Waals surface area contributed by atoms with Crippen molar-refractivity contribution in [1.29, 1.82) is 0 Å². The van der Waals surface area contributed by atoms with E-state index in [1.807, 2.05) is 25.2 Å². The number of carboxylic acids is 1. The van der Waals surface area contributed by atoms with E-state index >= 15 is 0 Å². The molecule has 2 heterocycles. The van der Waals surface area contributed by atoms with Gasteiger partial charge in [-0.2, -0.15) is 5.10 Å². The summed E-state index contributed by atoms with van der Waals surface area (Å²) in [6.45, 7) is 0. The monoisotopic (exact) mass is 243 g/mol. The molecule has 0 aliphatic rings. The lowest BCUT2D eigenvalue weighted by Crippen LogP contribution is -1.92. The third-order valence-corrected chi connectivity index (χ3v) is 2.76. The molecule has 0 aliphatic carbocycles. The van der Waals surface area contributed by atoms with Gasteiger partial charge in [-0.1, -0.05) is 23.4 Å². The van der Waals surface area contributed by atoms with Gasteiger partial charge in [0.25, 0.3) is 0 Å². The molecule has 0 spiro atoms. The molecule has 0 saturated carbocycles. The van der Waals surface area contributed by atoms with Crippen LogP contribution in [0.25, 0.3) is 22.2 Å². The molecule has 0 bridgehead atoms. The zero-order valence-corrected chi connectivity index (χ0v) is 9.49. The molecule has 0 aliphatic heterocycles. The van der Waals surface area contributed by atoms with Crippen molar-refractivity contribution in [3.63, 3.8) is 0 Å². The lowest BCUT2D eigenvalue weighted by atomic mass is 10.1. The Morgan fingerprint density at radius 3 is 3.00 bits per heavy atom. The normalized spacial score (nSPS) is 10.9. The van der Waals surface area contributed by atoms with Crippen molar-refractivity contribution in [3.8, 4) is 11.3 Å². The Hall–Kier alpha value is -2.63. The predicted octanol–water partition coefficient (Wildman–Crippen LogP) is 1.93. The molecule has 0 fully saturated rings. The van der Waals surface area contributed by atoms with Gasteiger partial charge in [0.2, 0.25) is 5.76 Å². The molecule has 90 valence electrons. The van der Waals surface area contributed by atoms with Crippen molar-refractivity contribution in [2.45, 2.75) is 0 Å². The standard InChI is InChI=1S/C12H9N3O3/c1-15-11-7(6-13-15)3-2-4-8(11)9-5-10(12(16)17)18-14-9/h2-6H,1H3,(H,16,17). The molecule has 0 atom stereocenters. The quantitative estimate of drug-likeness (QED) is 0.743. The molecule has 3 aromatic rings. The molecule has 2 aromatic heterocycles. The summed E-state index contributed by atoms with van der Waals surface area (Å²) in [6.07, 6.45) is 1.75. The van der Waals surface area contributed by atoms with Crippen molar-refractivity contribution >= 4 is 16.9 Å². The summed E-state index contributed by atoms with van der Waals surface area (Å²) in [5.41, 5.74) is 2.17. The first-order valence-electron chi connectivity index (χ1n) is 5.28. The SMILES string of the molecule is Cn1ncc2cccc(-c3cc(C(=O)O)on3)c21. The Balaban J connectivity index is 2.24. The van der Waals surface area contributed by atoms with Crippen molar-refractivity contribution in [3.05, 3.63) is 36.2 Å². The maximum atomic E-state index is 10.8. The van der Waals surface area contributed by atoms with Crippen LogP contribution in [0.5, 0.6) is 0 Å². The summed E-state index contributed by atoms with van der Waals surface area (Å²) in [6, 6.07) is 7.07. The van der Waals surface area contributed by atoms with Gasteiger partial charge in [-0.25, -0.2) is 4.79 Å². The van der Waals surface area contributed by atoms with E-state index in [0.717, 1.165) is 16.5 Å². The second-order valence-electron chi connectivity index (χ2n) is 3.89. The Bertz CT molecular complexity index is 742. The highest BCUT2D eigenvalue weighted by molar-refractivity contribution is 5.94. The summed E-state index contributed by atoms with van der Waals surface area (Å²) >= 11 is 0. The molecule has 1 aromatic carbocycles. The number of carbonyl (C=O) groups is 1. The fourth-order valence-electron chi connectivity index (χ4n) is 1.94. The number of carboxylic acid groups (broad SMARTS) is 1. The van der Waals surface area contributed by atoms with Crippen LogP contribution in [0.4, 0.5) is 0 Å². The Morgan fingerprint density at radius 1 is 1.44 bits per heavy atom. The summed E-state index contributed by atoms with van der Waals surface area (Å²) < 4.78 is 6.49. The van der Waals surface area contributed by atoms with Crippen LogP contribution in [0, 0.1) is 0 Å². The van der Waals surface area contributed by atoms with Gasteiger partial charge >= 0.3 is 5.97 Å². The smallest absolute Gasteiger partial charge is 0.374 e. The Labute approximate surface area is 101 Å². The highest BCUT2D eigenvalue weighted by Gasteiger charge is 2.15. The minimum atomic E-state index is -1.13. The zero-order chi connectivity index (χ0) is 12.7. The first-order chi connectivity index (χ1) is 8.66. The van der Waals surface area contributed by atoms with Gasteiger partial charge in [-0.05, 0) is 0 Å². The molecule has 6 heteroatoms. The van der Waals surface area contributed by atoms with E-state index in [9.17, 15) is 4.79 Å². The van der Waals surface area contributed by atoms with E-state index in [0.29, 0.717) is 5.69 Å². The van der Waals surface area contributed by atoms with Crippen LogP contribution in [-0.2, 0) is 7.05 Å². The number of hydrogen-bond acceptors (Lipinski definition) is 4. The topological polar surface area (TPSA) is 81.2 Å². The van der Waals surface area contributed by atoms with Gasteiger partial charge in [0.15, 0.2) is 0 Å². The molecular formula is C12H9N3O3. The Morgan fingerprint density at radius 2 is 2.28 bits per heavy atom. The van der Waals surface area contributed by atoms with Crippen molar-refractivity contribution in [2.24, 2.45) is 7.05 Å². The van der Waals surface area contributed by atoms with Crippen molar-refractivity contribution in [1.82, 2.24) is 14.9 Å². The summed E-state index contributed by atoms with van der Waals surface area (Å²) in [5, 5.41) is 17.7. The minimum Gasteiger partial charge on any atom is -0.475 e. The third kappa shape index (κ3) is 1.46. The fourth-order valence-corrected chi connectivity index (χ4v) is 1.94. The lowest BCUT2D eigenvalue weighted by molar-refractivity contribution is 0.0652. The number of aromatic nitrogens is 3. The van der Waals surface area contributed by atoms with E-state index in [1.165, 1.54) is 6.07 Å². The average Bonchev–Trinajstić information content (AvgIpc) is 2.96. The predicted molar refractivity (Wildman–Crippen MR) is 63.2 cm³/mol. The van der Waals surface area contributed by atoms with E-state index < -0.39 is 5.97 Å². The molecule has 0 radical (unpaired) electrons. The second-order valence-corrected chi connectivity index (χ2v) is 3.89. The number of hydrogen-bond donors (Lipinski definition) is 1. The van der Waals surface area contributed by atoms with Crippen LogP contribution in [-0.4, -0.2) is 26.0 Å². The van der Waals surface area contributed by atoms with Crippen LogP contribution < -0.4 is 0 Å². The van der Waals surface area contributed by atoms with Crippen molar-refractivity contribution < 1.29 is 14.4 Å². The van der Waals surface area contributed by atoms with E-state index in [2.05, 4.69) is 10.3 Å². The molecule has 3 rings (SSSR count). The summed E-state index contributed by atoms with van der Waals surface area (Å²) in [7, 11) is 1.82. The largest absolute Gasteiger partial charge is 0.475 e. The highest BCUT2D eigenvalue weighted by atomic mass is 16.5. The third-order valence-electron chi connectivity index (χ3n) is 2.76. The number of aryl methyl sites for hydroxylation is 1. The van der Waals surface area contributed by atoms with E-state index in [-0.39, 0.29) is 5.76 Å². The van der Waals surface area contributed by atoms with Crippen molar-refractivity contribution in [2.75, 3.05) is 0 Å². The molecule has 0 amide bonds. The van der Waals surface area contributed by atoms with Gasteiger partial charge in [-0.3, -0.25) is 4.68 Å². The molecule has 0 unspecified atom stereocenters. The highest BCUT2D eigenvalue weighted by Crippen LogP contribution is 2.27. The number of para-hydroxylation sites is 1. The van der Waals surface area contributed by atoms with Crippen LogP contribution in [0.1, 0.15) is 10.6 Å². The Kier molecular flexibility index (Phi) is 2.16. The van der Waals surface area contributed by atoms with Crippen LogP contribution in [0.2, 0.25) is 0 Å². The van der Waals surface area contributed by atoms with Gasteiger partial charge in [0.1, 0.15) is 5.69 Å². The molecule has 18 heavy (non-hydrogen) atoms. The van der Waals surface area contributed by atoms with Crippen LogP contribution >= 0.6 is 0 Å². The first kappa shape index (κ1) is 10.5. The van der Waals surface area contributed by atoms with Crippen LogP contribution in [0.3, 0.4) is 0 Å². The number of fused-ring (bicyclic) bond motifs is 1. The molecule has 6 nitrogen and oxygen atoms in total. The lowest BCUT2D eigenvalue weighted by Gasteiger charge is -2.00. The van der Waals surface area contributed by atoms with Crippen LogP contribution in [0.15, 0.2) is 35.0 Å². The fraction of sp³-hybridized carbons (Fsp3) is 0.0833. The molecular weight excluding hydrogens is 234 g/mol. The average molecular weight is 243 g/mol. The van der Waals surface area contributed by atoms with E-state index in [1.54, 1.807) is 10.9 Å². The summed E-state index contributed by atoms with van der Waals surface area (Å²) in [4.78, 5) is 10.8. The number of benzene rings is 1. The molecule has 1 N–H and O–H groups in total. The summed E-state index contributed by atoms with van der Waals surface area (Å²) in [5.74, 6) is -1.31. The van der Waals surface area contributed by atoms with Gasteiger partial charge in [-0.15, -0.1) is 0 Å². The van der Waals surface area contributed by atoms with Gasteiger partial charge < -0.3 is 9.63 Å². The van der Waals surface area contributed by atoms with Gasteiger partial charge in [0.05, 0.1) is 11.7 Å². The maximum absolute atomic E-state index is 10.8. The second kappa shape index (κ2) is 3.69.